The first kappa shape index (κ1) is 15.6. The van der Waals surface area contributed by atoms with Gasteiger partial charge in [0.15, 0.2) is 0 Å². The van der Waals surface area contributed by atoms with E-state index in [2.05, 4.69) is 6.58 Å². The molecule has 0 bridgehead atoms. The van der Waals surface area contributed by atoms with Crippen LogP contribution in [0.5, 0.6) is 0 Å². The number of aryl methyl sites for hydroxylation is 2. The molecular formula is C14H16BNO2S. The number of benzene rings is 1. The molecule has 3 nitrogen and oxygen atoms in total. The van der Waals surface area contributed by atoms with Crippen LogP contribution in [0.15, 0.2) is 34.5 Å². The summed E-state index contributed by atoms with van der Waals surface area (Å²) in [6.07, 6.45) is 0.755. The minimum Gasteiger partial charge on any atom is -0.258 e. The summed E-state index contributed by atoms with van der Waals surface area (Å²) >= 11 is 1.39. The third-order valence-electron chi connectivity index (χ3n) is 2.73. The van der Waals surface area contributed by atoms with Gasteiger partial charge >= 0.3 is 0 Å². The van der Waals surface area contributed by atoms with Crippen LogP contribution in [0.2, 0.25) is 0 Å². The highest BCUT2D eigenvalue weighted by molar-refractivity contribution is 8.07. The normalized spacial score (nSPS) is 11.4. The number of rotatable bonds is 5. The van der Waals surface area contributed by atoms with Crippen LogP contribution in [0.25, 0.3) is 0 Å². The minimum atomic E-state index is -0.344. The van der Waals surface area contributed by atoms with E-state index >= 15 is 0 Å². The molecule has 0 fully saturated rings. The molecule has 1 rings (SSSR count). The Hall–Kier alpha value is -1.49. The Kier molecular flexibility index (Phi) is 5.42. The van der Waals surface area contributed by atoms with Gasteiger partial charge in [-0.2, -0.15) is 0 Å². The Morgan fingerprint density at radius 2 is 2.11 bits per heavy atom. The number of hydrogen-bond acceptors (Lipinski definition) is 3. The summed E-state index contributed by atoms with van der Waals surface area (Å²) < 4.78 is 0. The van der Waals surface area contributed by atoms with Gasteiger partial charge in [0, 0.05) is 11.6 Å². The maximum Gasteiger partial charge on any atom is 0.272 e. The maximum absolute atomic E-state index is 10.9. The average Bonchev–Trinajstić information content (AvgIpc) is 2.30. The molecule has 0 heterocycles. The second kappa shape index (κ2) is 6.61. The Bertz CT molecular complexity index is 553. The zero-order valence-corrected chi connectivity index (χ0v) is 12.2. The molecule has 5 heteroatoms. The van der Waals surface area contributed by atoms with Crippen LogP contribution in [0.3, 0.4) is 0 Å². The molecule has 0 aromatic heterocycles. The number of hydrogen-bond donors (Lipinski definition) is 0. The molecule has 2 radical (unpaired) electrons. The number of nitro groups is 1. The van der Waals surface area contributed by atoms with Crippen molar-refractivity contribution in [2.75, 3.05) is 0 Å². The van der Waals surface area contributed by atoms with Crippen molar-refractivity contribution in [1.29, 1.82) is 0 Å². The van der Waals surface area contributed by atoms with Gasteiger partial charge in [-0.3, -0.25) is 10.1 Å². The lowest BCUT2D eigenvalue weighted by Crippen LogP contribution is -1.97. The molecule has 0 unspecified atom stereocenters. The van der Waals surface area contributed by atoms with Gasteiger partial charge in [0.2, 0.25) is 0 Å². The van der Waals surface area contributed by atoms with Crippen LogP contribution >= 0.6 is 11.8 Å². The van der Waals surface area contributed by atoms with Crippen molar-refractivity contribution in [3.05, 3.63) is 61.3 Å². The molecule has 0 saturated heterocycles. The lowest BCUT2D eigenvalue weighted by atomic mass is 9.99. The highest BCUT2D eigenvalue weighted by Crippen LogP contribution is 2.25. The van der Waals surface area contributed by atoms with Crippen LogP contribution in [-0.2, 0) is 6.42 Å². The lowest BCUT2D eigenvalue weighted by molar-refractivity contribution is -0.385. The average molecular weight is 273 g/mol. The second-order valence-electron chi connectivity index (χ2n) is 4.55. The van der Waals surface area contributed by atoms with Crippen LogP contribution in [0.4, 0.5) is 5.69 Å². The molecule has 0 amide bonds. The minimum absolute atomic E-state index is 0.174. The zero-order valence-electron chi connectivity index (χ0n) is 11.4. The molecule has 0 aliphatic heterocycles. The second-order valence-corrected chi connectivity index (χ2v) is 5.54. The van der Waals surface area contributed by atoms with Crippen LogP contribution in [0, 0.1) is 24.0 Å². The highest BCUT2D eigenvalue weighted by Gasteiger charge is 2.13. The summed E-state index contributed by atoms with van der Waals surface area (Å²) in [4.78, 5) is 11.1. The summed E-state index contributed by atoms with van der Waals surface area (Å²) in [5.41, 5.74) is 4.04. The van der Waals surface area contributed by atoms with Gasteiger partial charge in [-0.15, -0.1) is 11.8 Å². The summed E-state index contributed by atoms with van der Waals surface area (Å²) in [6, 6.07) is 3.51. The van der Waals surface area contributed by atoms with E-state index in [0.29, 0.717) is 10.4 Å². The van der Waals surface area contributed by atoms with Crippen LogP contribution in [0.1, 0.15) is 23.6 Å². The summed E-state index contributed by atoms with van der Waals surface area (Å²) in [5, 5.41) is 12.8. The lowest BCUT2D eigenvalue weighted by Gasteiger charge is -2.08. The van der Waals surface area contributed by atoms with Crippen molar-refractivity contribution in [2.24, 2.45) is 0 Å². The van der Waals surface area contributed by atoms with Gasteiger partial charge in [0.1, 0.15) is 7.85 Å². The first-order valence-electron chi connectivity index (χ1n) is 5.82. The molecule has 0 atom stereocenters. The summed E-state index contributed by atoms with van der Waals surface area (Å²) in [6.45, 7) is 9.28. The Labute approximate surface area is 119 Å². The van der Waals surface area contributed by atoms with Gasteiger partial charge in [-0.05, 0) is 49.8 Å². The number of nitrogens with zero attached hydrogens (tertiary/aromatic N) is 1. The van der Waals surface area contributed by atoms with E-state index in [1.54, 1.807) is 13.0 Å². The Morgan fingerprint density at radius 3 is 2.63 bits per heavy atom. The van der Waals surface area contributed by atoms with E-state index in [0.717, 1.165) is 23.1 Å². The molecule has 98 valence electrons. The molecular weight excluding hydrogens is 257 g/mol. The zero-order chi connectivity index (χ0) is 14.6. The fourth-order valence-corrected chi connectivity index (χ4v) is 2.20. The molecule has 0 aliphatic carbocycles. The maximum atomic E-state index is 10.9. The van der Waals surface area contributed by atoms with Gasteiger partial charge in [0.25, 0.3) is 5.69 Å². The quantitative estimate of drug-likeness (QED) is 0.462. The summed E-state index contributed by atoms with van der Waals surface area (Å²) in [7, 11) is 5.49. The number of nitro benzene ring substituents is 1. The van der Waals surface area contributed by atoms with Crippen LogP contribution in [-0.4, -0.2) is 12.8 Å². The first-order chi connectivity index (χ1) is 8.81. The van der Waals surface area contributed by atoms with Gasteiger partial charge in [-0.1, -0.05) is 17.0 Å². The fourth-order valence-electron chi connectivity index (χ4n) is 1.77. The first-order valence-corrected chi connectivity index (χ1v) is 6.70. The topological polar surface area (TPSA) is 43.1 Å². The number of thioether (sulfide) groups is 1. The van der Waals surface area contributed by atoms with Crippen molar-refractivity contribution in [2.45, 2.75) is 27.2 Å². The predicted molar refractivity (Wildman–Crippen MR) is 82.5 cm³/mol. The van der Waals surface area contributed by atoms with E-state index in [9.17, 15) is 10.1 Å². The van der Waals surface area contributed by atoms with Gasteiger partial charge in [-0.25, -0.2) is 0 Å². The smallest absolute Gasteiger partial charge is 0.258 e. The van der Waals surface area contributed by atoms with E-state index in [1.807, 2.05) is 25.3 Å². The molecule has 1 aromatic rings. The largest absolute Gasteiger partial charge is 0.272 e. The molecule has 1 aromatic carbocycles. The van der Waals surface area contributed by atoms with Gasteiger partial charge in [0.05, 0.1) is 4.92 Å². The van der Waals surface area contributed by atoms with Crippen LogP contribution < -0.4 is 0 Å². The standard InChI is InChI=1S/C14H16BNO2S/c1-9(8-19-12(4)15)5-13-6-11(3)14(16(17)18)7-10(13)2/h6-8H,4-5H2,1-3H3/b9-8+. The summed E-state index contributed by atoms with van der Waals surface area (Å²) in [5.74, 6) is 0. The Morgan fingerprint density at radius 1 is 1.47 bits per heavy atom. The van der Waals surface area contributed by atoms with E-state index < -0.39 is 0 Å². The van der Waals surface area contributed by atoms with Gasteiger partial charge < -0.3 is 0 Å². The number of allylic oxidation sites excluding steroid dienone is 1. The van der Waals surface area contributed by atoms with E-state index in [-0.39, 0.29) is 10.6 Å². The molecule has 0 N–H and O–H groups in total. The van der Waals surface area contributed by atoms with E-state index in [1.165, 1.54) is 11.8 Å². The predicted octanol–water partition coefficient (Wildman–Crippen LogP) is 4.03. The Balaban J connectivity index is 2.97. The molecule has 0 spiro atoms. The highest BCUT2D eigenvalue weighted by atomic mass is 32.2. The third-order valence-corrected chi connectivity index (χ3v) is 3.55. The van der Waals surface area contributed by atoms with E-state index in [4.69, 9.17) is 7.85 Å². The SMILES string of the molecule is [B]C(=C)S/C=C(\C)Cc1cc(C)c([N+](=O)[O-])cc1C. The van der Waals surface area contributed by atoms with Crippen molar-refractivity contribution >= 4 is 25.3 Å². The molecule has 0 aliphatic rings. The fraction of sp³-hybridized carbons (Fsp3) is 0.286. The van der Waals surface area contributed by atoms with Crippen molar-refractivity contribution in [1.82, 2.24) is 0 Å². The monoisotopic (exact) mass is 273 g/mol. The third kappa shape index (κ3) is 4.60. The van der Waals surface area contributed by atoms with Crippen molar-refractivity contribution in [3.63, 3.8) is 0 Å². The van der Waals surface area contributed by atoms with Crippen molar-refractivity contribution < 1.29 is 4.92 Å². The molecule has 0 saturated carbocycles. The molecule has 19 heavy (non-hydrogen) atoms. The van der Waals surface area contributed by atoms with Crippen molar-refractivity contribution in [3.8, 4) is 0 Å².